The van der Waals surface area contributed by atoms with E-state index in [0.717, 1.165) is 18.0 Å². The van der Waals surface area contributed by atoms with E-state index in [1.165, 1.54) is 12.0 Å². The Hall–Kier alpha value is -1.22. The van der Waals surface area contributed by atoms with E-state index in [0.29, 0.717) is 12.0 Å². The number of benzene rings is 1. The van der Waals surface area contributed by atoms with E-state index in [1.807, 2.05) is 12.1 Å². The number of methoxy groups -OCH3 is 2. The predicted octanol–water partition coefficient (Wildman–Crippen LogP) is 2.37. The maximum Gasteiger partial charge on any atom is 0.165 e. The highest BCUT2D eigenvalue weighted by atomic mass is 16.5. The summed E-state index contributed by atoms with van der Waals surface area (Å²) in [7, 11) is 3.37. The second-order valence-electron chi connectivity index (χ2n) is 4.28. The van der Waals surface area contributed by atoms with Gasteiger partial charge in [-0.15, -0.1) is 0 Å². The smallest absolute Gasteiger partial charge is 0.165 e. The van der Waals surface area contributed by atoms with Gasteiger partial charge in [-0.05, 0) is 24.9 Å². The molecule has 1 fully saturated rings. The van der Waals surface area contributed by atoms with E-state index < -0.39 is 0 Å². The third kappa shape index (κ3) is 1.87. The monoisotopic (exact) mass is 221 g/mol. The summed E-state index contributed by atoms with van der Waals surface area (Å²) in [5.74, 6) is 2.30. The average Bonchev–Trinajstić information content (AvgIpc) is 2.74. The molecular formula is C13H19NO2. The first kappa shape index (κ1) is 11.3. The van der Waals surface area contributed by atoms with Gasteiger partial charge in [0.25, 0.3) is 0 Å². The van der Waals surface area contributed by atoms with E-state index in [9.17, 15) is 0 Å². The van der Waals surface area contributed by atoms with E-state index in [2.05, 4.69) is 18.3 Å². The molecule has 0 unspecified atom stereocenters. The van der Waals surface area contributed by atoms with Gasteiger partial charge >= 0.3 is 0 Å². The van der Waals surface area contributed by atoms with Crippen molar-refractivity contribution in [3.05, 3.63) is 23.8 Å². The summed E-state index contributed by atoms with van der Waals surface area (Å²) in [6.07, 6.45) is 1.21. The quantitative estimate of drug-likeness (QED) is 0.850. The van der Waals surface area contributed by atoms with Gasteiger partial charge in [-0.25, -0.2) is 0 Å². The summed E-state index contributed by atoms with van der Waals surface area (Å²) in [6.45, 7) is 3.34. The van der Waals surface area contributed by atoms with Gasteiger partial charge in [-0.2, -0.15) is 0 Å². The molecule has 1 aromatic carbocycles. The van der Waals surface area contributed by atoms with Crippen molar-refractivity contribution >= 4 is 0 Å². The lowest BCUT2D eigenvalue weighted by Gasteiger charge is -2.20. The van der Waals surface area contributed by atoms with Crippen LogP contribution in [-0.4, -0.2) is 20.8 Å². The molecule has 0 aliphatic carbocycles. The minimum Gasteiger partial charge on any atom is -0.493 e. The molecule has 16 heavy (non-hydrogen) atoms. The molecule has 2 atom stereocenters. The summed E-state index contributed by atoms with van der Waals surface area (Å²) in [6, 6.07) is 6.44. The zero-order valence-electron chi connectivity index (χ0n) is 10.1. The molecule has 3 heteroatoms. The summed E-state index contributed by atoms with van der Waals surface area (Å²) in [5, 5.41) is 3.51. The van der Waals surface area contributed by atoms with Crippen molar-refractivity contribution < 1.29 is 9.47 Å². The van der Waals surface area contributed by atoms with Crippen LogP contribution in [0.15, 0.2) is 18.2 Å². The number of rotatable bonds is 3. The van der Waals surface area contributed by atoms with Gasteiger partial charge < -0.3 is 14.8 Å². The Balaban J connectivity index is 2.39. The van der Waals surface area contributed by atoms with Crippen molar-refractivity contribution in [1.82, 2.24) is 5.32 Å². The summed E-state index contributed by atoms with van der Waals surface area (Å²) in [4.78, 5) is 0. The van der Waals surface area contributed by atoms with Gasteiger partial charge in [0.2, 0.25) is 0 Å². The van der Waals surface area contributed by atoms with Crippen molar-refractivity contribution in [3.63, 3.8) is 0 Å². The van der Waals surface area contributed by atoms with Gasteiger partial charge in [-0.3, -0.25) is 0 Å². The van der Waals surface area contributed by atoms with Crippen LogP contribution in [0.2, 0.25) is 0 Å². The van der Waals surface area contributed by atoms with Crippen LogP contribution in [0.25, 0.3) is 0 Å². The summed E-state index contributed by atoms with van der Waals surface area (Å²) in [5.41, 5.74) is 1.20. The molecule has 1 aliphatic heterocycles. The van der Waals surface area contributed by atoms with Crippen LogP contribution < -0.4 is 14.8 Å². The summed E-state index contributed by atoms with van der Waals surface area (Å²) < 4.78 is 10.8. The van der Waals surface area contributed by atoms with E-state index in [4.69, 9.17) is 9.47 Å². The van der Waals surface area contributed by atoms with Crippen molar-refractivity contribution in [2.45, 2.75) is 19.4 Å². The van der Waals surface area contributed by atoms with Gasteiger partial charge in [0.1, 0.15) is 0 Å². The predicted molar refractivity (Wildman–Crippen MR) is 64.1 cm³/mol. The Morgan fingerprint density at radius 2 is 2.06 bits per heavy atom. The Labute approximate surface area is 96.8 Å². The molecule has 3 nitrogen and oxygen atoms in total. The molecular weight excluding hydrogens is 202 g/mol. The third-order valence-electron chi connectivity index (χ3n) is 3.30. The molecule has 0 bridgehead atoms. The lowest BCUT2D eigenvalue weighted by Crippen LogP contribution is -2.17. The molecule has 0 aromatic heterocycles. The van der Waals surface area contributed by atoms with E-state index in [1.54, 1.807) is 14.2 Å². The molecule has 2 rings (SSSR count). The molecule has 0 radical (unpaired) electrons. The molecule has 1 saturated heterocycles. The zero-order valence-corrected chi connectivity index (χ0v) is 10.1. The van der Waals surface area contributed by atoms with Gasteiger partial charge in [0.15, 0.2) is 11.5 Å². The van der Waals surface area contributed by atoms with Crippen LogP contribution in [0.3, 0.4) is 0 Å². The molecule has 1 heterocycles. The first-order valence-corrected chi connectivity index (χ1v) is 5.72. The Morgan fingerprint density at radius 1 is 1.25 bits per heavy atom. The molecule has 88 valence electrons. The highest BCUT2D eigenvalue weighted by molar-refractivity contribution is 5.48. The standard InChI is InChI=1S/C13H19NO2/c1-9-7-8-14-12(9)10-5-4-6-11(15-2)13(10)16-3/h4-6,9,12,14H,7-8H2,1-3H3/t9-,12-/m0/s1. The normalized spacial score (nSPS) is 24.4. The molecule has 0 amide bonds. The van der Waals surface area contributed by atoms with Crippen LogP contribution in [0.5, 0.6) is 11.5 Å². The Morgan fingerprint density at radius 3 is 2.62 bits per heavy atom. The number of hydrogen-bond donors (Lipinski definition) is 1. The number of para-hydroxylation sites is 1. The highest BCUT2D eigenvalue weighted by Gasteiger charge is 2.27. The molecule has 1 aromatic rings. The minimum atomic E-state index is 0.380. The largest absolute Gasteiger partial charge is 0.493 e. The maximum atomic E-state index is 5.46. The lowest BCUT2D eigenvalue weighted by atomic mass is 9.95. The summed E-state index contributed by atoms with van der Waals surface area (Å²) >= 11 is 0. The molecule has 0 saturated carbocycles. The fourth-order valence-electron chi connectivity index (χ4n) is 2.41. The fourth-order valence-corrected chi connectivity index (χ4v) is 2.41. The topological polar surface area (TPSA) is 30.5 Å². The van der Waals surface area contributed by atoms with Crippen LogP contribution in [0.4, 0.5) is 0 Å². The fraction of sp³-hybridized carbons (Fsp3) is 0.538. The van der Waals surface area contributed by atoms with Crippen molar-refractivity contribution in [1.29, 1.82) is 0 Å². The zero-order chi connectivity index (χ0) is 11.5. The molecule has 1 aliphatic rings. The minimum absolute atomic E-state index is 0.380. The third-order valence-corrected chi connectivity index (χ3v) is 3.30. The second kappa shape index (κ2) is 4.74. The Kier molecular flexibility index (Phi) is 3.34. The average molecular weight is 221 g/mol. The van der Waals surface area contributed by atoms with Crippen LogP contribution in [0, 0.1) is 5.92 Å². The molecule has 1 N–H and O–H groups in total. The van der Waals surface area contributed by atoms with Crippen LogP contribution >= 0.6 is 0 Å². The van der Waals surface area contributed by atoms with E-state index >= 15 is 0 Å². The van der Waals surface area contributed by atoms with E-state index in [-0.39, 0.29) is 0 Å². The second-order valence-corrected chi connectivity index (χ2v) is 4.28. The first-order chi connectivity index (χ1) is 7.77. The number of nitrogens with one attached hydrogen (secondary N) is 1. The first-order valence-electron chi connectivity index (χ1n) is 5.72. The lowest BCUT2D eigenvalue weighted by molar-refractivity contribution is 0.344. The molecule has 0 spiro atoms. The Bertz CT molecular complexity index is 365. The SMILES string of the molecule is COc1cccc([C@H]2NCC[C@@H]2C)c1OC. The maximum absolute atomic E-state index is 5.46. The van der Waals surface area contributed by atoms with Crippen molar-refractivity contribution in [2.75, 3.05) is 20.8 Å². The van der Waals surface area contributed by atoms with Gasteiger partial charge in [0, 0.05) is 11.6 Å². The highest BCUT2D eigenvalue weighted by Crippen LogP contribution is 2.39. The van der Waals surface area contributed by atoms with Gasteiger partial charge in [0.05, 0.1) is 14.2 Å². The van der Waals surface area contributed by atoms with Crippen molar-refractivity contribution in [3.8, 4) is 11.5 Å². The van der Waals surface area contributed by atoms with Crippen LogP contribution in [-0.2, 0) is 0 Å². The number of ether oxygens (including phenoxy) is 2. The number of hydrogen-bond acceptors (Lipinski definition) is 3. The van der Waals surface area contributed by atoms with Crippen molar-refractivity contribution in [2.24, 2.45) is 5.92 Å². The van der Waals surface area contributed by atoms with Gasteiger partial charge in [-0.1, -0.05) is 19.1 Å². The van der Waals surface area contributed by atoms with Crippen LogP contribution in [0.1, 0.15) is 24.9 Å².